The van der Waals surface area contributed by atoms with Crippen LogP contribution in [-0.2, 0) is 14.8 Å². The van der Waals surface area contributed by atoms with Crippen molar-refractivity contribution in [3.8, 4) is 5.75 Å². The predicted molar refractivity (Wildman–Crippen MR) is 97.5 cm³/mol. The molecule has 2 aromatic carbocycles. The minimum absolute atomic E-state index is 0.110. The number of carbonyl (C=O) groups is 1. The molecule has 0 radical (unpaired) electrons. The van der Waals surface area contributed by atoms with Crippen LogP contribution in [0.15, 0.2) is 47.4 Å². The Balaban J connectivity index is 1.89. The van der Waals surface area contributed by atoms with E-state index in [-0.39, 0.29) is 23.8 Å². The Morgan fingerprint density at radius 3 is 2.14 bits per heavy atom. The zero-order valence-electron chi connectivity index (χ0n) is 15.1. The summed E-state index contributed by atoms with van der Waals surface area (Å²) in [4.78, 5) is 11.7. The zero-order valence-corrected chi connectivity index (χ0v) is 15.9. The summed E-state index contributed by atoms with van der Waals surface area (Å²) >= 11 is 0. The quantitative estimate of drug-likeness (QED) is 0.724. The summed E-state index contributed by atoms with van der Waals surface area (Å²) in [5.41, 5.74) is 2.58. The van der Waals surface area contributed by atoms with Gasteiger partial charge in [0.25, 0.3) is 0 Å². The van der Waals surface area contributed by atoms with E-state index < -0.39 is 22.1 Å². The van der Waals surface area contributed by atoms with Crippen LogP contribution in [0.1, 0.15) is 17.5 Å². The van der Waals surface area contributed by atoms with Gasteiger partial charge in [0.2, 0.25) is 15.9 Å². The number of alkyl halides is 3. The Bertz CT molecular complexity index is 922. The average molecular weight is 416 g/mol. The summed E-state index contributed by atoms with van der Waals surface area (Å²) in [5.74, 6) is -0.902. The molecule has 0 aliphatic carbocycles. The lowest BCUT2D eigenvalue weighted by Gasteiger charge is -2.10. The smallest absolute Gasteiger partial charge is 0.406 e. The zero-order chi connectivity index (χ0) is 20.9. The molecular formula is C18H19F3N2O4S. The van der Waals surface area contributed by atoms with E-state index in [1.165, 1.54) is 0 Å². The number of hydrogen-bond acceptors (Lipinski definition) is 4. The van der Waals surface area contributed by atoms with Gasteiger partial charge in [-0.1, -0.05) is 6.07 Å². The van der Waals surface area contributed by atoms with Crippen molar-refractivity contribution in [3.63, 3.8) is 0 Å². The van der Waals surface area contributed by atoms with E-state index in [4.69, 9.17) is 0 Å². The molecule has 0 bridgehead atoms. The van der Waals surface area contributed by atoms with Gasteiger partial charge in [-0.25, -0.2) is 13.1 Å². The summed E-state index contributed by atoms with van der Waals surface area (Å²) in [5, 5.41) is 2.68. The fraction of sp³-hybridized carbons (Fsp3) is 0.278. The maximum Gasteiger partial charge on any atom is 0.573 e. The van der Waals surface area contributed by atoms with Crippen molar-refractivity contribution >= 4 is 21.6 Å². The molecule has 0 saturated heterocycles. The Morgan fingerprint density at radius 1 is 1.04 bits per heavy atom. The first-order valence-corrected chi connectivity index (χ1v) is 9.66. The predicted octanol–water partition coefficient (Wildman–Crippen LogP) is 3.51. The minimum atomic E-state index is -4.86. The van der Waals surface area contributed by atoms with E-state index in [0.29, 0.717) is 5.69 Å². The van der Waals surface area contributed by atoms with E-state index in [1.54, 1.807) is 12.1 Å². The second kappa shape index (κ2) is 8.61. The SMILES string of the molecule is Cc1cc(C)cc(NC(=O)CCNS(=O)(=O)c2ccc(OC(F)(F)F)cc2)c1. The van der Waals surface area contributed by atoms with Gasteiger partial charge >= 0.3 is 6.36 Å². The van der Waals surface area contributed by atoms with E-state index in [2.05, 4.69) is 14.8 Å². The van der Waals surface area contributed by atoms with Gasteiger partial charge in [0.05, 0.1) is 4.90 Å². The maximum absolute atomic E-state index is 12.2. The van der Waals surface area contributed by atoms with E-state index in [9.17, 15) is 26.4 Å². The third-order valence-electron chi connectivity index (χ3n) is 3.52. The Kier molecular flexibility index (Phi) is 6.68. The van der Waals surface area contributed by atoms with Gasteiger partial charge in [-0.05, 0) is 61.4 Å². The molecule has 152 valence electrons. The molecule has 0 aliphatic heterocycles. The molecule has 0 aromatic heterocycles. The van der Waals surface area contributed by atoms with Gasteiger partial charge in [-0.15, -0.1) is 13.2 Å². The second-order valence-corrected chi connectivity index (χ2v) is 7.86. The molecule has 0 fully saturated rings. The van der Waals surface area contributed by atoms with Crippen LogP contribution in [0.2, 0.25) is 0 Å². The van der Waals surface area contributed by atoms with Crippen molar-refractivity contribution < 1.29 is 31.1 Å². The fourth-order valence-electron chi connectivity index (χ4n) is 2.47. The first kappa shape index (κ1) is 21.7. The first-order chi connectivity index (χ1) is 12.9. The molecule has 0 aliphatic rings. The van der Waals surface area contributed by atoms with E-state index in [0.717, 1.165) is 35.4 Å². The number of ether oxygens (including phenoxy) is 1. The van der Waals surface area contributed by atoms with Crippen molar-refractivity contribution in [2.75, 3.05) is 11.9 Å². The number of benzene rings is 2. The standard InChI is InChI=1S/C18H19F3N2O4S/c1-12-9-13(2)11-14(10-12)23-17(24)7-8-22-28(25,26)16-5-3-15(4-6-16)27-18(19,20)21/h3-6,9-11,22H,7-8H2,1-2H3,(H,23,24). The maximum atomic E-state index is 12.2. The van der Waals surface area contributed by atoms with Gasteiger partial charge in [0.15, 0.2) is 0 Å². The number of sulfonamides is 1. The highest BCUT2D eigenvalue weighted by Crippen LogP contribution is 2.23. The molecule has 1 amide bonds. The normalized spacial score (nSPS) is 11.9. The number of rotatable bonds is 7. The summed E-state index contributed by atoms with van der Waals surface area (Å²) in [7, 11) is -3.97. The average Bonchev–Trinajstić information content (AvgIpc) is 2.52. The molecule has 2 N–H and O–H groups in total. The molecule has 0 spiro atoms. The molecule has 0 saturated carbocycles. The lowest BCUT2D eigenvalue weighted by Crippen LogP contribution is -2.28. The number of nitrogens with one attached hydrogen (secondary N) is 2. The third kappa shape index (κ3) is 6.86. The second-order valence-electron chi connectivity index (χ2n) is 6.09. The molecule has 2 rings (SSSR count). The largest absolute Gasteiger partial charge is 0.573 e. The van der Waals surface area contributed by atoms with Crippen molar-refractivity contribution in [3.05, 3.63) is 53.6 Å². The van der Waals surface area contributed by atoms with Gasteiger partial charge in [0.1, 0.15) is 5.75 Å². The Morgan fingerprint density at radius 2 is 1.61 bits per heavy atom. The summed E-state index contributed by atoms with van der Waals surface area (Å²) in [6, 6.07) is 9.30. The van der Waals surface area contributed by atoms with Crippen LogP contribution in [-0.4, -0.2) is 27.2 Å². The van der Waals surface area contributed by atoms with Crippen LogP contribution in [0.4, 0.5) is 18.9 Å². The summed E-state index contributed by atoms with van der Waals surface area (Å²) in [6.45, 7) is 3.61. The summed E-state index contributed by atoms with van der Waals surface area (Å²) in [6.07, 6.45) is -4.97. The van der Waals surface area contributed by atoms with Gasteiger partial charge in [-0.2, -0.15) is 0 Å². The van der Waals surface area contributed by atoms with Crippen LogP contribution in [0.25, 0.3) is 0 Å². The fourth-order valence-corrected chi connectivity index (χ4v) is 3.50. The third-order valence-corrected chi connectivity index (χ3v) is 4.99. The van der Waals surface area contributed by atoms with Crippen LogP contribution >= 0.6 is 0 Å². The number of halogens is 3. The van der Waals surface area contributed by atoms with Gasteiger partial charge in [0, 0.05) is 18.7 Å². The Hall–Kier alpha value is -2.59. The molecule has 0 atom stereocenters. The minimum Gasteiger partial charge on any atom is -0.406 e. The van der Waals surface area contributed by atoms with Crippen molar-refractivity contribution in [2.45, 2.75) is 31.5 Å². The monoisotopic (exact) mass is 416 g/mol. The molecular weight excluding hydrogens is 397 g/mol. The van der Waals surface area contributed by atoms with E-state index in [1.807, 2.05) is 19.9 Å². The molecule has 10 heteroatoms. The number of amides is 1. The van der Waals surface area contributed by atoms with Crippen LogP contribution in [0.3, 0.4) is 0 Å². The Labute approximate surface area is 160 Å². The first-order valence-electron chi connectivity index (χ1n) is 8.18. The number of carbonyl (C=O) groups excluding carboxylic acids is 1. The molecule has 0 unspecified atom stereocenters. The highest BCUT2D eigenvalue weighted by Gasteiger charge is 2.31. The highest BCUT2D eigenvalue weighted by molar-refractivity contribution is 7.89. The van der Waals surface area contributed by atoms with Gasteiger partial charge in [-0.3, -0.25) is 4.79 Å². The topological polar surface area (TPSA) is 84.5 Å². The summed E-state index contributed by atoms with van der Waals surface area (Å²) < 4.78 is 66.6. The van der Waals surface area contributed by atoms with Crippen molar-refractivity contribution in [1.29, 1.82) is 0 Å². The van der Waals surface area contributed by atoms with Crippen molar-refractivity contribution in [2.24, 2.45) is 0 Å². The van der Waals surface area contributed by atoms with Gasteiger partial charge < -0.3 is 10.1 Å². The highest BCUT2D eigenvalue weighted by atomic mass is 32.2. The van der Waals surface area contributed by atoms with E-state index >= 15 is 0 Å². The molecule has 6 nitrogen and oxygen atoms in total. The lowest BCUT2D eigenvalue weighted by atomic mass is 10.1. The van der Waals surface area contributed by atoms with Crippen LogP contribution in [0.5, 0.6) is 5.75 Å². The number of hydrogen-bond donors (Lipinski definition) is 2. The lowest BCUT2D eigenvalue weighted by molar-refractivity contribution is -0.274. The molecule has 2 aromatic rings. The van der Waals surface area contributed by atoms with Crippen LogP contribution in [0, 0.1) is 13.8 Å². The number of aryl methyl sites for hydroxylation is 2. The van der Waals surface area contributed by atoms with Crippen LogP contribution < -0.4 is 14.8 Å². The molecule has 0 heterocycles. The number of anilines is 1. The van der Waals surface area contributed by atoms with Crippen molar-refractivity contribution in [1.82, 2.24) is 4.72 Å². The molecule has 28 heavy (non-hydrogen) atoms.